The molecule has 0 aliphatic heterocycles. The minimum Gasteiger partial charge on any atom is -0.411 e. The first-order valence-electron chi connectivity index (χ1n) is 10.7. The van der Waals surface area contributed by atoms with E-state index in [1.54, 1.807) is 0 Å². The smallest absolute Gasteiger partial charge is 0.277 e. The van der Waals surface area contributed by atoms with E-state index in [1.807, 2.05) is 19.1 Å². The monoisotopic (exact) mass is 416 g/mol. The molecule has 1 aliphatic carbocycles. The van der Waals surface area contributed by atoms with Gasteiger partial charge in [0.2, 0.25) is 11.8 Å². The van der Waals surface area contributed by atoms with Crippen LogP contribution in [0.1, 0.15) is 52.9 Å². The number of amides is 1. The lowest BCUT2D eigenvalue weighted by molar-refractivity contribution is -0.120. The lowest BCUT2D eigenvalue weighted by atomic mass is 9.89. The number of thioether (sulfide) groups is 1. The zero-order valence-electron chi connectivity index (χ0n) is 17.7. The Morgan fingerprint density at radius 2 is 1.86 bits per heavy atom. The molecule has 0 saturated heterocycles. The van der Waals surface area contributed by atoms with Crippen molar-refractivity contribution in [1.82, 2.24) is 15.5 Å². The third-order valence-electron chi connectivity index (χ3n) is 5.59. The molecule has 0 spiro atoms. The van der Waals surface area contributed by atoms with Crippen molar-refractivity contribution < 1.29 is 9.21 Å². The molecule has 158 valence electrons. The van der Waals surface area contributed by atoms with E-state index in [0.29, 0.717) is 17.0 Å². The van der Waals surface area contributed by atoms with Gasteiger partial charge >= 0.3 is 0 Å². The minimum atomic E-state index is -0.267. The van der Waals surface area contributed by atoms with Gasteiger partial charge in [0.05, 0.1) is 5.25 Å². The molecule has 2 aromatic rings. The molecule has 1 atom stereocenters. The summed E-state index contributed by atoms with van der Waals surface area (Å²) in [5.74, 6) is 1.14. The average Bonchev–Trinajstić information content (AvgIpc) is 3.22. The van der Waals surface area contributed by atoms with E-state index in [-0.39, 0.29) is 11.2 Å². The molecule has 1 amide bonds. The van der Waals surface area contributed by atoms with Gasteiger partial charge in [-0.05, 0) is 63.8 Å². The number of rotatable bonds is 9. The van der Waals surface area contributed by atoms with Crippen LogP contribution in [-0.2, 0) is 4.79 Å². The molecule has 7 heteroatoms. The van der Waals surface area contributed by atoms with Crippen molar-refractivity contribution in [2.45, 2.75) is 63.3 Å². The van der Waals surface area contributed by atoms with Crippen LogP contribution < -0.4 is 10.2 Å². The van der Waals surface area contributed by atoms with Gasteiger partial charge in [-0.15, -0.1) is 10.2 Å². The van der Waals surface area contributed by atoms with Gasteiger partial charge in [-0.1, -0.05) is 31.0 Å². The maximum atomic E-state index is 12.4. The predicted octanol–water partition coefficient (Wildman–Crippen LogP) is 4.76. The summed E-state index contributed by atoms with van der Waals surface area (Å²) in [5, 5.41) is 11.5. The van der Waals surface area contributed by atoms with Crippen molar-refractivity contribution >= 4 is 23.4 Å². The van der Waals surface area contributed by atoms with Crippen LogP contribution in [-0.4, -0.2) is 41.0 Å². The summed E-state index contributed by atoms with van der Waals surface area (Å²) in [5.41, 5.74) is 2.06. The van der Waals surface area contributed by atoms with Gasteiger partial charge < -0.3 is 14.6 Å². The highest BCUT2D eigenvalue weighted by Gasteiger charge is 2.20. The standard InChI is InChI=1S/C22H32N4O2S/c1-4-26(5-2)19-13-11-18(12-14-19)21-24-25-22(28-21)29-16(3)20(27)23-15-17-9-7-6-8-10-17/h11-14,16-17H,4-10,15H2,1-3H3,(H,23,27)/t16-/m1/s1. The van der Waals surface area contributed by atoms with Crippen molar-refractivity contribution in [3.8, 4) is 11.5 Å². The molecule has 0 bridgehead atoms. The quantitative estimate of drug-likeness (QED) is 0.594. The topological polar surface area (TPSA) is 71.3 Å². The zero-order valence-corrected chi connectivity index (χ0v) is 18.5. The van der Waals surface area contributed by atoms with Gasteiger partial charge in [0.1, 0.15) is 0 Å². The maximum absolute atomic E-state index is 12.4. The molecule has 1 aliphatic rings. The summed E-state index contributed by atoms with van der Waals surface area (Å²) < 4.78 is 5.79. The molecule has 29 heavy (non-hydrogen) atoms. The maximum Gasteiger partial charge on any atom is 0.277 e. The molecule has 1 fully saturated rings. The molecule has 1 heterocycles. The second kappa shape index (κ2) is 10.7. The van der Waals surface area contributed by atoms with Crippen LogP contribution in [0.4, 0.5) is 5.69 Å². The highest BCUT2D eigenvalue weighted by Crippen LogP contribution is 2.28. The van der Waals surface area contributed by atoms with Gasteiger partial charge in [-0.25, -0.2) is 0 Å². The lowest BCUT2D eigenvalue weighted by Gasteiger charge is -2.22. The van der Waals surface area contributed by atoms with Crippen LogP contribution in [0.25, 0.3) is 11.5 Å². The second-order valence-corrected chi connectivity index (χ2v) is 8.89. The first-order valence-corrected chi connectivity index (χ1v) is 11.6. The van der Waals surface area contributed by atoms with Gasteiger partial charge in [0.25, 0.3) is 5.22 Å². The number of nitrogens with one attached hydrogen (secondary N) is 1. The SMILES string of the molecule is CCN(CC)c1ccc(-c2nnc(S[C@H](C)C(=O)NCC3CCCCC3)o2)cc1. The number of benzene rings is 1. The summed E-state index contributed by atoms with van der Waals surface area (Å²) in [6.07, 6.45) is 6.34. The number of hydrogen-bond donors (Lipinski definition) is 1. The number of aromatic nitrogens is 2. The lowest BCUT2D eigenvalue weighted by Crippen LogP contribution is -2.35. The van der Waals surface area contributed by atoms with Crippen molar-refractivity contribution in [2.75, 3.05) is 24.5 Å². The van der Waals surface area contributed by atoms with Crippen LogP contribution >= 0.6 is 11.8 Å². The van der Waals surface area contributed by atoms with E-state index in [4.69, 9.17) is 4.42 Å². The fourth-order valence-corrected chi connectivity index (χ4v) is 4.47. The van der Waals surface area contributed by atoms with Crippen LogP contribution in [0.15, 0.2) is 33.9 Å². The Morgan fingerprint density at radius 1 is 1.17 bits per heavy atom. The number of hydrogen-bond acceptors (Lipinski definition) is 6. The normalized spacial score (nSPS) is 15.8. The second-order valence-electron chi connectivity index (χ2n) is 7.60. The Balaban J connectivity index is 1.53. The van der Waals surface area contributed by atoms with E-state index in [1.165, 1.54) is 49.6 Å². The van der Waals surface area contributed by atoms with Crippen molar-refractivity contribution in [3.63, 3.8) is 0 Å². The fraction of sp³-hybridized carbons (Fsp3) is 0.591. The van der Waals surface area contributed by atoms with Crippen molar-refractivity contribution in [2.24, 2.45) is 5.92 Å². The average molecular weight is 417 g/mol. The van der Waals surface area contributed by atoms with Crippen molar-refractivity contribution in [1.29, 1.82) is 0 Å². The first kappa shape index (κ1) is 21.7. The number of anilines is 1. The van der Waals surface area contributed by atoms with E-state index >= 15 is 0 Å². The van der Waals surface area contributed by atoms with E-state index in [2.05, 4.69) is 46.4 Å². The van der Waals surface area contributed by atoms with Crippen LogP contribution in [0.5, 0.6) is 0 Å². The van der Waals surface area contributed by atoms with Gasteiger partial charge in [0, 0.05) is 30.9 Å². The van der Waals surface area contributed by atoms with Crippen molar-refractivity contribution in [3.05, 3.63) is 24.3 Å². The summed E-state index contributed by atoms with van der Waals surface area (Å²) in [4.78, 5) is 14.7. The molecule has 1 aromatic heterocycles. The third kappa shape index (κ3) is 5.98. The van der Waals surface area contributed by atoms with Gasteiger partial charge in [0.15, 0.2) is 0 Å². The third-order valence-corrected chi connectivity index (χ3v) is 6.52. The fourth-order valence-electron chi connectivity index (χ4n) is 3.76. The van der Waals surface area contributed by atoms with Crippen LogP contribution in [0, 0.1) is 5.92 Å². The Morgan fingerprint density at radius 3 is 2.52 bits per heavy atom. The molecule has 1 N–H and O–H groups in total. The number of nitrogens with zero attached hydrogens (tertiary/aromatic N) is 3. The van der Waals surface area contributed by atoms with Gasteiger partial charge in [-0.3, -0.25) is 4.79 Å². The molecular weight excluding hydrogens is 384 g/mol. The number of carbonyl (C=O) groups is 1. The van der Waals surface area contributed by atoms with E-state index in [0.717, 1.165) is 25.2 Å². The minimum absolute atomic E-state index is 0.0314. The number of carbonyl (C=O) groups excluding carboxylic acids is 1. The molecule has 1 saturated carbocycles. The first-order chi connectivity index (χ1) is 14.1. The molecule has 0 unspecified atom stereocenters. The molecule has 0 radical (unpaired) electrons. The van der Waals surface area contributed by atoms with Crippen LogP contribution in [0.3, 0.4) is 0 Å². The van der Waals surface area contributed by atoms with E-state index < -0.39 is 0 Å². The predicted molar refractivity (Wildman–Crippen MR) is 118 cm³/mol. The molecule has 6 nitrogen and oxygen atoms in total. The molecule has 3 rings (SSSR count). The van der Waals surface area contributed by atoms with Crippen LogP contribution in [0.2, 0.25) is 0 Å². The summed E-state index contributed by atoms with van der Waals surface area (Å²) in [6, 6.07) is 8.13. The highest BCUT2D eigenvalue weighted by molar-refractivity contribution is 8.00. The highest BCUT2D eigenvalue weighted by atomic mass is 32.2. The Kier molecular flexibility index (Phi) is 7.98. The van der Waals surface area contributed by atoms with E-state index in [9.17, 15) is 4.79 Å². The largest absolute Gasteiger partial charge is 0.411 e. The Bertz CT molecular complexity index is 767. The summed E-state index contributed by atoms with van der Waals surface area (Å²) in [7, 11) is 0. The summed E-state index contributed by atoms with van der Waals surface area (Å²) in [6.45, 7) is 8.88. The molecular formula is C22H32N4O2S. The van der Waals surface area contributed by atoms with Gasteiger partial charge in [-0.2, -0.15) is 0 Å². The zero-order chi connectivity index (χ0) is 20.6. The Hall–Kier alpha value is -2.02. The molecule has 1 aromatic carbocycles. The Labute approximate surface area is 177 Å². The summed E-state index contributed by atoms with van der Waals surface area (Å²) >= 11 is 1.31.